The van der Waals surface area contributed by atoms with E-state index in [-0.39, 0.29) is 71.6 Å². The average molecular weight is 354 g/mol. The van der Waals surface area contributed by atoms with Crippen LogP contribution in [0.3, 0.4) is 0 Å². The van der Waals surface area contributed by atoms with E-state index in [1.54, 1.807) is 0 Å². The van der Waals surface area contributed by atoms with E-state index < -0.39 is 33.7 Å². The van der Waals surface area contributed by atoms with Gasteiger partial charge in [0.25, 0.3) is 0 Å². The zero-order valence-electron chi connectivity index (χ0n) is 13.7. The van der Waals surface area contributed by atoms with Gasteiger partial charge in [0.2, 0.25) is 0 Å². The maximum absolute atomic E-state index is 11.5. The number of rotatable bonds is 10. The van der Waals surface area contributed by atoms with E-state index in [0.717, 1.165) is 25.7 Å². The molecule has 0 aliphatic heterocycles. The van der Waals surface area contributed by atoms with Gasteiger partial charge in [0, 0.05) is 12.4 Å². The second-order valence-electron chi connectivity index (χ2n) is 4.60. The van der Waals surface area contributed by atoms with Crippen LogP contribution in [-0.2, 0) is 24.4 Å². The molecule has 0 N–H and O–H groups in total. The number of hydrogen-bond donors (Lipinski definition) is 0. The molecule has 0 fully saturated rings. The molecule has 0 aromatic heterocycles. The predicted molar refractivity (Wildman–Crippen MR) is 67.4 cm³/mol. The van der Waals surface area contributed by atoms with Crippen molar-refractivity contribution in [3.63, 3.8) is 0 Å². The number of carbonyl (C=O) groups is 2. The molecule has 0 aliphatic rings. The van der Waals surface area contributed by atoms with E-state index in [4.69, 9.17) is 4.74 Å². The van der Waals surface area contributed by atoms with Gasteiger partial charge in [-0.2, -0.15) is 0 Å². The Kier molecular flexibility index (Phi) is 17.9. The Morgan fingerprint density at radius 3 is 2.09 bits per heavy atom. The van der Waals surface area contributed by atoms with E-state index in [1.807, 2.05) is 13.8 Å². The number of carboxylic acids is 1. The Hall–Kier alpha value is 0.850. The Morgan fingerprint density at radius 1 is 1.18 bits per heavy atom. The van der Waals surface area contributed by atoms with Crippen molar-refractivity contribution in [2.45, 2.75) is 51.2 Å². The summed E-state index contributed by atoms with van der Waals surface area (Å²) in [4.78, 5) is 21.9. The Labute approximate surface area is 175 Å². The topological polar surface area (TPSA) is 124 Å². The van der Waals surface area contributed by atoms with Gasteiger partial charge in [-0.1, -0.05) is 33.1 Å². The normalized spacial score (nSPS) is 13.2. The molecule has 7 nitrogen and oxygen atoms in total. The largest absolute Gasteiger partial charge is 1.00 e. The zero-order valence-corrected chi connectivity index (χ0v) is 18.5. The minimum Gasteiger partial charge on any atom is -0.747 e. The fourth-order valence-corrected chi connectivity index (χ4v) is 2.29. The van der Waals surface area contributed by atoms with Gasteiger partial charge in [0.15, 0.2) is 5.25 Å². The first kappa shape index (κ1) is 27.7. The van der Waals surface area contributed by atoms with Crippen molar-refractivity contribution in [3.05, 3.63) is 0 Å². The Balaban J connectivity index is -0.00000180. The molecule has 0 spiro atoms. The van der Waals surface area contributed by atoms with Gasteiger partial charge < -0.3 is 19.2 Å². The number of carbonyl (C=O) groups excluding carboxylic acids is 2. The smallest absolute Gasteiger partial charge is 0.747 e. The van der Waals surface area contributed by atoms with Gasteiger partial charge in [-0.05, 0) is 12.3 Å². The Bertz CT molecular complexity index is 425. The zero-order chi connectivity index (χ0) is 15.8. The molecule has 0 aromatic carbocycles. The van der Waals surface area contributed by atoms with Crippen LogP contribution in [0.4, 0.5) is 0 Å². The van der Waals surface area contributed by atoms with Crippen LogP contribution < -0.4 is 64.2 Å². The molecule has 0 aliphatic carbocycles. The number of unbranched alkanes of at least 4 members (excludes halogenated alkanes) is 1. The third kappa shape index (κ3) is 12.3. The molecule has 0 aromatic rings. The van der Waals surface area contributed by atoms with Crippen molar-refractivity contribution in [2.75, 3.05) is 6.61 Å². The molecule has 2 atom stereocenters. The van der Waals surface area contributed by atoms with Crippen LogP contribution in [0, 0.1) is 5.92 Å². The van der Waals surface area contributed by atoms with Crippen LogP contribution in [0.5, 0.6) is 0 Å². The summed E-state index contributed by atoms with van der Waals surface area (Å²) in [5, 5.41) is 8.13. The molecule has 0 heterocycles. The summed E-state index contributed by atoms with van der Waals surface area (Å²) in [6, 6.07) is 0. The van der Waals surface area contributed by atoms with E-state index in [2.05, 4.69) is 0 Å². The first-order chi connectivity index (χ1) is 9.22. The maximum Gasteiger partial charge on any atom is 1.00 e. The summed E-state index contributed by atoms with van der Waals surface area (Å²) in [6.07, 6.45) is 2.29. The summed E-state index contributed by atoms with van der Waals surface area (Å²) >= 11 is 0. The summed E-state index contributed by atoms with van der Waals surface area (Å²) in [5.74, 6) is -3.04. The summed E-state index contributed by atoms with van der Waals surface area (Å²) in [7, 11) is -5.08. The van der Waals surface area contributed by atoms with Crippen molar-refractivity contribution in [1.82, 2.24) is 0 Å². The predicted octanol–water partition coefficient (Wildman–Crippen LogP) is -6.19. The van der Waals surface area contributed by atoms with Gasteiger partial charge in [-0.25, -0.2) is 8.42 Å². The van der Waals surface area contributed by atoms with Crippen molar-refractivity contribution >= 4 is 22.1 Å². The number of hydrogen-bond acceptors (Lipinski definition) is 7. The van der Waals surface area contributed by atoms with Gasteiger partial charge in [-0.3, -0.25) is 4.79 Å². The maximum atomic E-state index is 11.5. The minimum atomic E-state index is -5.08. The fraction of sp³-hybridized carbons (Fsp3) is 0.833. The number of esters is 1. The SMILES string of the molecule is CCCCC(CC)COC(=O)C(CC(=O)[O-])S(=O)(=O)[O-].[Na+].[Na+]. The van der Waals surface area contributed by atoms with Gasteiger partial charge in [-0.15, -0.1) is 0 Å². The molecule has 0 bridgehead atoms. The van der Waals surface area contributed by atoms with E-state index >= 15 is 0 Å². The average Bonchev–Trinajstić information content (AvgIpc) is 2.34. The molecule has 22 heavy (non-hydrogen) atoms. The number of aliphatic carboxylic acids is 1. The second-order valence-corrected chi connectivity index (χ2v) is 6.16. The van der Waals surface area contributed by atoms with E-state index in [9.17, 15) is 27.7 Å². The first-order valence-electron chi connectivity index (χ1n) is 6.53. The molecule has 10 heteroatoms. The van der Waals surface area contributed by atoms with Crippen LogP contribution in [0.15, 0.2) is 0 Å². The third-order valence-electron chi connectivity index (χ3n) is 2.97. The molecule has 0 saturated heterocycles. The van der Waals surface area contributed by atoms with Crippen LogP contribution in [-0.4, -0.2) is 36.8 Å². The molecular formula is C12H20Na2O7S. The second kappa shape index (κ2) is 14.2. The minimum absolute atomic E-state index is 0. The summed E-state index contributed by atoms with van der Waals surface area (Å²) < 4.78 is 37.3. The number of ether oxygens (including phenoxy) is 1. The molecular weight excluding hydrogens is 334 g/mol. The third-order valence-corrected chi connectivity index (χ3v) is 4.02. The van der Waals surface area contributed by atoms with E-state index in [1.165, 1.54) is 0 Å². The molecule has 2 unspecified atom stereocenters. The quantitative estimate of drug-likeness (QED) is 0.217. The van der Waals surface area contributed by atoms with Crippen LogP contribution in [0.1, 0.15) is 46.0 Å². The molecule has 0 amide bonds. The van der Waals surface area contributed by atoms with Gasteiger partial charge >= 0.3 is 65.1 Å². The van der Waals surface area contributed by atoms with Crippen LogP contribution in [0.2, 0.25) is 0 Å². The van der Waals surface area contributed by atoms with Crippen molar-refractivity contribution in [2.24, 2.45) is 5.92 Å². The summed E-state index contributed by atoms with van der Waals surface area (Å²) in [5.41, 5.74) is 0. The van der Waals surface area contributed by atoms with Crippen molar-refractivity contribution < 1.29 is 91.5 Å². The van der Waals surface area contributed by atoms with Gasteiger partial charge in [0.1, 0.15) is 10.1 Å². The molecule has 0 radical (unpaired) electrons. The fourth-order valence-electron chi connectivity index (χ4n) is 1.65. The first-order valence-corrected chi connectivity index (χ1v) is 8.00. The molecule has 0 rings (SSSR count). The number of carboxylic acid groups (broad SMARTS) is 1. The van der Waals surface area contributed by atoms with Crippen LogP contribution >= 0.6 is 0 Å². The van der Waals surface area contributed by atoms with Crippen molar-refractivity contribution in [1.29, 1.82) is 0 Å². The molecule has 118 valence electrons. The Morgan fingerprint density at radius 2 is 1.73 bits per heavy atom. The summed E-state index contributed by atoms with van der Waals surface area (Å²) in [6.45, 7) is 3.89. The van der Waals surface area contributed by atoms with Crippen molar-refractivity contribution in [3.8, 4) is 0 Å². The van der Waals surface area contributed by atoms with Crippen LogP contribution in [0.25, 0.3) is 0 Å². The van der Waals surface area contributed by atoms with E-state index in [0.29, 0.717) is 0 Å². The van der Waals surface area contributed by atoms with Gasteiger partial charge in [0.05, 0.1) is 6.61 Å². The standard InChI is InChI=1S/C12H22O7S.2Na/c1-3-5-6-9(4-2)8-19-12(15)10(7-11(13)14)20(16,17)18;;/h9-10H,3-8H2,1-2H3,(H,13,14)(H,16,17,18);;/q;2*+1/p-2. The monoisotopic (exact) mass is 354 g/mol. The molecule has 0 saturated carbocycles.